The number of nitrogens with one attached hydrogen (secondary N) is 3. The fraction of sp³-hybridized carbons (Fsp3) is 0.706. The molecule has 3 amide bonds. The Balaban J connectivity index is 5.11. The Labute approximate surface area is 179 Å². The summed E-state index contributed by atoms with van der Waals surface area (Å²) in [6.45, 7) is 1.77. The van der Waals surface area contributed by atoms with E-state index in [1.54, 1.807) is 0 Å². The Morgan fingerprint density at radius 3 is 2.00 bits per heavy atom. The molecule has 0 saturated heterocycles. The largest absolute Gasteiger partial charge is 0.481 e. The minimum absolute atomic E-state index is 0.0806. The number of amides is 3. The Morgan fingerprint density at radius 1 is 0.900 bits per heavy atom. The molecule has 0 aromatic carbocycles. The maximum absolute atomic E-state index is 12.5. The van der Waals surface area contributed by atoms with Gasteiger partial charge in [0, 0.05) is 12.2 Å². The molecule has 0 aromatic heterocycles. The lowest BCUT2D eigenvalue weighted by Gasteiger charge is -2.23. The molecule has 4 atom stereocenters. The van der Waals surface area contributed by atoms with E-state index >= 15 is 0 Å². The van der Waals surface area contributed by atoms with Gasteiger partial charge in [-0.2, -0.15) is 12.6 Å². The topological polar surface area (TPSA) is 214 Å². The standard InChI is InChI=1S/C17H31N5O7S/c1-9(20-15(26)10(19)8-30)14(25)21-11(4-2-3-7-18)16(27)22-12(17(28)29)5-6-13(23)24/h9-12,30H,2-8,18-19H2,1H3,(H,20,26)(H,21,25)(H,22,27)(H,23,24)(H,28,29). The summed E-state index contributed by atoms with van der Waals surface area (Å²) in [5, 5.41) is 25.0. The van der Waals surface area contributed by atoms with Gasteiger partial charge in [0.05, 0.1) is 6.04 Å². The number of carboxylic acid groups (broad SMARTS) is 2. The SMILES string of the molecule is CC(NC(=O)C(N)CS)C(=O)NC(CCCCN)C(=O)NC(CCC(=O)O)C(=O)O. The van der Waals surface area contributed by atoms with E-state index in [-0.39, 0.29) is 18.6 Å². The third-order valence-electron chi connectivity index (χ3n) is 4.13. The number of carbonyl (C=O) groups excluding carboxylic acids is 3. The molecule has 0 spiro atoms. The normalized spacial score (nSPS) is 14.7. The van der Waals surface area contributed by atoms with Crippen LogP contribution in [0.25, 0.3) is 0 Å². The molecule has 0 rings (SSSR count). The van der Waals surface area contributed by atoms with Gasteiger partial charge in [0.1, 0.15) is 18.1 Å². The minimum atomic E-state index is -1.42. The van der Waals surface area contributed by atoms with Gasteiger partial charge in [0.15, 0.2) is 0 Å². The number of thiol groups is 1. The molecule has 0 fully saturated rings. The Hall–Kier alpha value is -2.38. The van der Waals surface area contributed by atoms with Gasteiger partial charge in [-0.05, 0) is 39.2 Å². The molecular weight excluding hydrogens is 418 g/mol. The molecule has 0 radical (unpaired) electrons. The Kier molecular flexibility index (Phi) is 13.4. The summed E-state index contributed by atoms with van der Waals surface area (Å²) in [6.07, 6.45) is 0.470. The summed E-state index contributed by atoms with van der Waals surface area (Å²) in [7, 11) is 0. The summed E-state index contributed by atoms with van der Waals surface area (Å²) in [4.78, 5) is 58.7. The van der Waals surface area contributed by atoms with Gasteiger partial charge >= 0.3 is 11.9 Å². The van der Waals surface area contributed by atoms with E-state index in [0.29, 0.717) is 19.4 Å². The molecule has 30 heavy (non-hydrogen) atoms. The molecule has 0 heterocycles. The third kappa shape index (κ3) is 11.0. The van der Waals surface area contributed by atoms with Gasteiger partial charge in [0.2, 0.25) is 17.7 Å². The molecule has 13 heteroatoms. The van der Waals surface area contributed by atoms with Crippen LogP contribution in [0.5, 0.6) is 0 Å². The Morgan fingerprint density at radius 2 is 1.50 bits per heavy atom. The molecule has 0 aromatic rings. The van der Waals surface area contributed by atoms with E-state index in [0.717, 1.165) is 0 Å². The fourth-order valence-electron chi connectivity index (χ4n) is 2.32. The number of unbranched alkanes of at least 4 members (excludes halogenated alkanes) is 1. The van der Waals surface area contributed by atoms with Crippen molar-refractivity contribution in [3.63, 3.8) is 0 Å². The number of carboxylic acids is 2. The van der Waals surface area contributed by atoms with Crippen molar-refractivity contribution in [3.8, 4) is 0 Å². The zero-order valence-electron chi connectivity index (χ0n) is 16.8. The molecule has 0 aliphatic heterocycles. The zero-order valence-corrected chi connectivity index (χ0v) is 17.7. The molecule has 0 bridgehead atoms. The molecule has 0 aliphatic carbocycles. The van der Waals surface area contributed by atoms with Gasteiger partial charge in [0.25, 0.3) is 0 Å². The van der Waals surface area contributed by atoms with Gasteiger partial charge in [-0.3, -0.25) is 19.2 Å². The van der Waals surface area contributed by atoms with Gasteiger partial charge < -0.3 is 37.6 Å². The van der Waals surface area contributed by atoms with E-state index in [1.165, 1.54) is 6.92 Å². The maximum atomic E-state index is 12.5. The van der Waals surface area contributed by atoms with E-state index in [1.807, 2.05) is 0 Å². The lowest BCUT2D eigenvalue weighted by Crippen LogP contribution is -2.56. The highest BCUT2D eigenvalue weighted by Gasteiger charge is 2.28. The maximum Gasteiger partial charge on any atom is 0.326 e. The van der Waals surface area contributed by atoms with Crippen LogP contribution in [-0.2, 0) is 24.0 Å². The second-order valence-electron chi connectivity index (χ2n) is 6.70. The first kappa shape index (κ1) is 27.6. The smallest absolute Gasteiger partial charge is 0.326 e. The molecule has 4 unspecified atom stereocenters. The van der Waals surface area contributed by atoms with Crippen LogP contribution in [-0.4, -0.2) is 76.3 Å². The molecule has 12 nitrogen and oxygen atoms in total. The molecule has 9 N–H and O–H groups in total. The van der Waals surface area contributed by atoms with Crippen molar-refractivity contribution in [1.29, 1.82) is 0 Å². The van der Waals surface area contributed by atoms with Crippen molar-refractivity contribution in [1.82, 2.24) is 16.0 Å². The van der Waals surface area contributed by atoms with E-state index < -0.39 is 60.2 Å². The molecule has 172 valence electrons. The van der Waals surface area contributed by atoms with Crippen molar-refractivity contribution >= 4 is 42.3 Å². The predicted molar refractivity (Wildman–Crippen MR) is 111 cm³/mol. The van der Waals surface area contributed by atoms with Crippen LogP contribution >= 0.6 is 12.6 Å². The van der Waals surface area contributed by atoms with Crippen LogP contribution in [0.3, 0.4) is 0 Å². The van der Waals surface area contributed by atoms with Crippen LogP contribution in [0, 0.1) is 0 Å². The number of aliphatic carboxylic acids is 2. The van der Waals surface area contributed by atoms with Crippen LogP contribution in [0.15, 0.2) is 0 Å². The second kappa shape index (κ2) is 14.6. The van der Waals surface area contributed by atoms with E-state index in [4.69, 9.17) is 16.6 Å². The summed E-state index contributed by atoms with van der Waals surface area (Å²) in [5.41, 5.74) is 11.0. The Bertz CT molecular complexity index is 619. The molecular formula is C17H31N5O7S. The lowest BCUT2D eigenvalue weighted by molar-refractivity contribution is -0.143. The van der Waals surface area contributed by atoms with Crippen molar-refractivity contribution in [2.45, 2.75) is 63.2 Å². The summed E-state index contributed by atoms with van der Waals surface area (Å²) in [5.74, 6) is -4.54. The number of carbonyl (C=O) groups is 5. The average molecular weight is 450 g/mol. The number of rotatable bonds is 15. The average Bonchev–Trinajstić information content (AvgIpc) is 2.68. The third-order valence-corrected chi connectivity index (χ3v) is 4.52. The first-order valence-corrected chi connectivity index (χ1v) is 10.1. The fourth-order valence-corrected chi connectivity index (χ4v) is 2.49. The van der Waals surface area contributed by atoms with Crippen molar-refractivity contribution in [2.75, 3.05) is 12.3 Å². The highest BCUT2D eigenvalue weighted by atomic mass is 32.1. The quantitative estimate of drug-likeness (QED) is 0.100. The van der Waals surface area contributed by atoms with E-state index in [2.05, 4.69) is 28.6 Å². The van der Waals surface area contributed by atoms with Crippen molar-refractivity contribution < 1.29 is 34.2 Å². The van der Waals surface area contributed by atoms with Gasteiger partial charge in [-0.1, -0.05) is 0 Å². The van der Waals surface area contributed by atoms with Crippen LogP contribution in [0.2, 0.25) is 0 Å². The monoisotopic (exact) mass is 449 g/mol. The summed E-state index contributed by atoms with van der Waals surface area (Å²) in [6, 6.07) is -4.42. The predicted octanol–water partition coefficient (Wildman–Crippen LogP) is -2.20. The zero-order chi connectivity index (χ0) is 23.3. The van der Waals surface area contributed by atoms with Crippen LogP contribution in [0.4, 0.5) is 0 Å². The number of hydrogen-bond donors (Lipinski definition) is 8. The summed E-state index contributed by atoms with van der Waals surface area (Å²) >= 11 is 3.90. The first-order chi connectivity index (χ1) is 14.0. The second-order valence-corrected chi connectivity index (χ2v) is 7.06. The number of nitrogens with two attached hydrogens (primary N) is 2. The lowest BCUT2D eigenvalue weighted by atomic mass is 10.1. The highest BCUT2D eigenvalue weighted by molar-refractivity contribution is 7.80. The highest BCUT2D eigenvalue weighted by Crippen LogP contribution is 2.05. The molecule has 0 saturated carbocycles. The van der Waals surface area contributed by atoms with Crippen LogP contribution < -0.4 is 27.4 Å². The van der Waals surface area contributed by atoms with Crippen LogP contribution in [0.1, 0.15) is 39.0 Å². The van der Waals surface area contributed by atoms with E-state index in [9.17, 15) is 29.1 Å². The minimum Gasteiger partial charge on any atom is -0.481 e. The first-order valence-electron chi connectivity index (χ1n) is 9.45. The van der Waals surface area contributed by atoms with Gasteiger partial charge in [-0.15, -0.1) is 0 Å². The van der Waals surface area contributed by atoms with Crippen molar-refractivity contribution in [2.24, 2.45) is 11.5 Å². The van der Waals surface area contributed by atoms with Gasteiger partial charge in [-0.25, -0.2) is 4.79 Å². The van der Waals surface area contributed by atoms with Crippen molar-refractivity contribution in [3.05, 3.63) is 0 Å². The summed E-state index contributed by atoms with van der Waals surface area (Å²) < 4.78 is 0. The number of hydrogen-bond acceptors (Lipinski definition) is 8. The molecule has 0 aliphatic rings.